The topological polar surface area (TPSA) is 33.5 Å². The van der Waals surface area contributed by atoms with E-state index in [4.69, 9.17) is 39.8 Å². The van der Waals surface area contributed by atoms with Crippen molar-refractivity contribution in [2.45, 2.75) is 0 Å². The van der Waals surface area contributed by atoms with Gasteiger partial charge in [-0.05, 0) is 42.5 Å². The Morgan fingerprint density at radius 3 is 2.63 bits per heavy atom. The lowest BCUT2D eigenvalue weighted by molar-refractivity contribution is -0.113. The Hall–Kier alpha value is -2.05. The molecule has 0 bridgehead atoms. The molecule has 134 valence electrons. The summed E-state index contributed by atoms with van der Waals surface area (Å²) in [6, 6.07) is 18.1. The fourth-order valence-corrected chi connectivity index (χ4v) is 4.36. The summed E-state index contributed by atoms with van der Waals surface area (Å²) >= 11 is 18.8. The van der Waals surface area contributed by atoms with E-state index in [1.54, 1.807) is 42.5 Å². The maximum Gasteiger partial charge on any atom is 0.270 e. The molecule has 0 saturated carbocycles. The predicted octanol–water partition coefficient (Wildman–Crippen LogP) is 6.66. The Kier molecular flexibility index (Phi) is 5.10. The number of nitrogens with zero attached hydrogens (tertiary/aromatic N) is 1. The monoisotopic (exact) mass is 431 g/mol. The number of carbonyl (C=O) groups is 1. The Morgan fingerprint density at radius 1 is 1.04 bits per heavy atom. The van der Waals surface area contributed by atoms with Crippen molar-refractivity contribution in [3.63, 3.8) is 0 Å². The van der Waals surface area contributed by atoms with Gasteiger partial charge in [-0.3, -0.25) is 9.69 Å². The van der Waals surface area contributed by atoms with E-state index in [9.17, 15) is 4.79 Å². The van der Waals surface area contributed by atoms with E-state index in [0.717, 1.165) is 5.56 Å². The molecule has 0 unspecified atom stereocenters. The molecule has 1 amide bonds. The Morgan fingerprint density at radius 2 is 1.85 bits per heavy atom. The number of anilines is 1. The summed E-state index contributed by atoms with van der Waals surface area (Å²) < 4.78 is 6.30. The first kappa shape index (κ1) is 18.3. The fraction of sp³-hybridized carbons (Fsp3) is 0. The molecule has 2 heterocycles. The van der Waals surface area contributed by atoms with Crippen LogP contribution in [0.2, 0.25) is 10.0 Å². The first-order chi connectivity index (χ1) is 13.0. The molecular formula is C20H11Cl2NO2S2. The minimum absolute atomic E-state index is 0.206. The van der Waals surface area contributed by atoms with Crippen LogP contribution in [0.5, 0.6) is 0 Å². The number of benzene rings is 2. The summed E-state index contributed by atoms with van der Waals surface area (Å²) in [6.45, 7) is 0. The molecule has 0 N–H and O–H groups in total. The maximum absolute atomic E-state index is 12.8. The summed E-state index contributed by atoms with van der Waals surface area (Å²) in [5.74, 6) is 0.983. The molecule has 1 saturated heterocycles. The predicted molar refractivity (Wildman–Crippen MR) is 116 cm³/mol. The van der Waals surface area contributed by atoms with Gasteiger partial charge in [0.2, 0.25) is 0 Å². The van der Waals surface area contributed by atoms with Crippen LogP contribution in [0.4, 0.5) is 5.69 Å². The molecular weight excluding hydrogens is 421 g/mol. The molecule has 0 radical (unpaired) electrons. The number of amides is 1. The highest BCUT2D eigenvalue weighted by atomic mass is 35.5. The van der Waals surface area contributed by atoms with Gasteiger partial charge >= 0.3 is 0 Å². The van der Waals surface area contributed by atoms with Crippen molar-refractivity contribution in [1.82, 2.24) is 0 Å². The van der Waals surface area contributed by atoms with Crippen LogP contribution in [0.15, 0.2) is 70.0 Å². The van der Waals surface area contributed by atoms with E-state index in [1.807, 2.05) is 24.3 Å². The van der Waals surface area contributed by atoms with Gasteiger partial charge in [0.1, 0.15) is 11.5 Å². The van der Waals surface area contributed by atoms with Crippen LogP contribution in [-0.4, -0.2) is 10.2 Å². The van der Waals surface area contributed by atoms with Gasteiger partial charge < -0.3 is 4.42 Å². The maximum atomic E-state index is 12.8. The Balaban J connectivity index is 1.63. The van der Waals surface area contributed by atoms with Crippen molar-refractivity contribution in [1.29, 1.82) is 0 Å². The van der Waals surface area contributed by atoms with Gasteiger partial charge in [-0.2, -0.15) is 0 Å². The van der Waals surface area contributed by atoms with Crippen LogP contribution in [0, 0.1) is 0 Å². The van der Waals surface area contributed by atoms with Crippen LogP contribution in [0.25, 0.3) is 17.4 Å². The zero-order valence-corrected chi connectivity index (χ0v) is 16.8. The molecule has 7 heteroatoms. The summed E-state index contributed by atoms with van der Waals surface area (Å²) in [6.07, 6.45) is 1.68. The van der Waals surface area contributed by atoms with Crippen LogP contribution >= 0.6 is 47.2 Å². The standard InChI is InChI=1S/C20H11Cl2NO2S2/c21-12-4-3-5-13(10-12)23-19(24)18(27-20(23)26)11-14-8-9-17(25-14)15-6-1-2-7-16(15)22/h1-11H/b18-11+. The van der Waals surface area contributed by atoms with Gasteiger partial charge in [0.05, 0.1) is 15.6 Å². The molecule has 1 aliphatic heterocycles. The number of furan rings is 1. The lowest BCUT2D eigenvalue weighted by Crippen LogP contribution is -2.27. The second kappa shape index (κ2) is 7.52. The number of thioether (sulfide) groups is 1. The van der Waals surface area contributed by atoms with E-state index in [-0.39, 0.29) is 5.91 Å². The number of thiocarbonyl (C=S) groups is 1. The molecule has 0 spiro atoms. The minimum atomic E-state index is -0.206. The third-order valence-corrected chi connectivity index (χ3v) is 5.77. The van der Waals surface area contributed by atoms with Gasteiger partial charge in [-0.1, -0.05) is 65.4 Å². The van der Waals surface area contributed by atoms with Crippen molar-refractivity contribution >= 4 is 69.2 Å². The average molecular weight is 432 g/mol. The van der Waals surface area contributed by atoms with E-state index in [1.165, 1.54) is 16.7 Å². The Bertz CT molecular complexity index is 1090. The quantitative estimate of drug-likeness (QED) is 0.342. The summed E-state index contributed by atoms with van der Waals surface area (Å²) in [5.41, 5.74) is 1.44. The number of carbonyl (C=O) groups excluding carboxylic acids is 1. The van der Waals surface area contributed by atoms with Crippen molar-refractivity contribution in [2.24, 2.45) is 0 Å². The van der Waals surface area contributed by atoms with Gasteiger partial charge in [-0.15, -0.1) is 0 Å². The largest absolute Gasteiger partial charge is 0.457 e. The zero-order chi connectivity index (χ0) is 19.0. The molecule has 3 aromatic rings. The zero-order valence-electron chi connectivity index (χ0n) is 13.7. The summed E-state index contributed by atoms with van der Waals surface area (Å²) in [7, 11) is 0. The highest BCUT2D eigenvalue weighted by Gasteiger charge is 2.33. The number of hydrogen-bond donors (Lipinski definition) is 0. The second-order valence-corrected chi connectivity index (χ2v) is 8.20. The molecule has 0 atom stereocenters. The van der Waals surface area contributed by atoms with E-state index in [2.05, 4.69) is 0 Å². The first-order valence-electron chi connectivity index (χ1n) is 7.91. The van der Waals surface area contributed by atoms with E-state index < -0.39 is 0 Å². The third kappa shape index (κ3) is 3.69. The van der Waals surface area contributed by atoms with Crippen LogP contribution in [-0.2, 0) is 4.79 Å². The normalized spacial score (nSPS) is 15.8. The highest BCUT2D eigenvalue weighted by Crippen LogP contribution is 2.37. The van der Waals surface area contributed by atoms with E-state index >= 15 is 0 Å². The number of halogens is 2. The van der Waals surface area contributed by atoms with Crippen LogP contribution < -0.4 is 4.90 Å². The Labute approximate surface area is 175 Å². The molecule has 27 heavy (non-hydrogen) atoms. The molecule has 3 nitrogen and oxygen atoms in total. The molecule has 0 aliphatic carbocycles. The van der Waals surface area contributed by atoms with Crippen LogP contribution in [0.1, 0.15) is 5.76 Å². The minimum Gasteiger partial charge on any atom is -0.457 e. The lowest BCUT2D eigenvalue weighted by atomic mass is 10.2. The molecule has 1 aromatic heterocycles. The smallest absolute Gasteiger partial charge is 0.270 e. The lowest BCUT2D eigenvalue weighted by Gasteiger charge is -2.14. The fourth-order valence-electron chi connectivity index (χ4n) is 2.67. The van der Waals surface area contributed by atoms with Crippen molar-refractivity contribution in [3.05, 3.63) is 81.4 Å². The van der Waals surface area contributed by atoms with Gasteiger partial charge in [0.25, 0.3) is 5.91 Å². The van der Waals surface area contributed by atoms with Gasteiger partial charge in [0.15, 0.2) is 4.32 Å². The number of rotatable bonds is 3. The van der Waals surface area contributed by atoms with Crippen molar-refractivity contribution in [2.75, 3.05) is 4.90 Å². The van der Waals surface area contributed by atoms with Crippen molar-refractivity contribution < 1.29 is 9.21 Å². The third-order valence-electron chi connectivity index (χ3n) is 3.90. The molecule has 1 aliphatic rings. The SMILES string of the molecule is O=C1/C(=C\c2ccc(-c3ccccc3Cl)o2)SC(=S)N1c1cccc(Cl)c1. The second-order valence-electron chi connectivity index (χ2n) is 5.68. The van der Waals surface area contributed by atoms with Gasteiger partial charge in [0, 0.05) is 16.7 Å². The molecule has 1 fully saturated rings. The van der Waals surface area contributed by atoms with Gasteiger partial charge in [-0.25, -0.2) is 0 Å². The summed E-state index contributed by atoms with van der Waals surface area (Å²) in [5, 5.41) is 1.15. The molecule has 2 aromatic carbocycles. The summed E-state index contributed by atoms with van der Waals surface area (Å²) in [4.78, 5) is 14.8. The van der Waals surface area contributed by atoms with Crippen LogP contribution in [0.3, 0.4) is 0 Å². The first-order valence-corrected chi connectivity index (χ1v) is 9.89. The number of hydrogen-bond acceptors (Lipinski definition) is 4. The average Bonchev–Trinajstić information content (AvgIpc) is 3.20. The van der Waals surface area contributed by atoms with E-state index in [0.29, 0.717) is 36.5 Å². The molecule has 4 rings (SSSR count). The highest BCUT2D eigenvalue weighted by molar-refractivity contribution is 8.27. The van der Waals surface area contributed by atoms with Crippen molar-refractivity contribution in [3.8, 4) is 11.3 Å².